The lowest BCUT2D eigenvalue weighted by Gasteiger charge is -2.24. The molecule has 0 saturated heterocycles. The molecule has 1 saturated carbocycles. The first-order valence-corrected chi connectivity index (χ1v) is 6.38. The van der Waals surface area contributed by atoms with Gasteiger partial charge in [0.05, 0.1) is 6.04 Å². The van der Waals surface area contributed by atoms with Crippen molar-refractivity contribution in [1.29, 1.82) is 0 Å². The Hall–Kier alpha value is -1.10. The topological polar surface area (TPSA) is 63.0 Å². The van der Waals surface area contributed by atoms with Gasteiger partial charge in [0.2, 0.25) is 5.89 Å². The van der Waals surface area contributed by atoms with Crippen LogP contribution in [0.2, 0.25) is 0 Å². The van der Waals surface area contributed by atoms with E-state index in [-0.39, 0.29) is 11.6 Å². The van der Waals surface area contributed by atoms with Gasteiger partial charge >= 0.3 is 6.01 Å². The molecule has 1 aromatic heterocycles. The first kappa shape index (κ1) is 12.4. The molecule has 1 aromatic rings. The minimum absolute atomic E-state index is 0.0469. The van der Waals surface area contributed by atoms with Crippen molar-refractivity contribution in [3.05, 3.63) is 5.89 Å². The Bertz CT molecular complexity index is 370. The highest BCUT2D eigenvalue weighted by Crippen LogP contribution is 2.40. The van der Waals surface area contributed by atoms with E-state index in [0.29, 0.717) is 11.9 Å². The van der Waals surface area contributed by atoms with E-state index < -0.39 is 0 Å². The molecule has 1 heterocycles. The molecule has 1 unspecified atom stereocenters. The van der Waals surface area contributed by atoms with Crippen molar-refractivity contribution in [3.63, 3.8) is 0 Å². The molecule has 5 nitrogen and oxygen atoms in total. The molecule has 0 spiro atoms. The number of nitrogens with zero attached hydrogens (tertiary/aromatic N) is 2. The highest BCUT2D eigenvalue weighted by atomic mass is 16.4. The second-order valence-electron chi connectivity index (χ2n) is 5.35. The first-order chi connectivity index (χ1) is 8.03. The number of rotatable bonds is 6. The maximum absolute atomic E-state index is 5.62. The summed E-state index contributed by atoms with van der Waals surface area (Å²) in [6.45, 7) is 9.33. The average Bonchev–Trinajstić information content (AvgIpc) is 3.01. The van der Waals surface area contributed by atoms with Crippen molar-refractivity contribution in [2.75, 3.05) is 11.9 Å². The van der Waals surface area contributed by atoms with E-state index in [9.17, 15) is 0 Å². The summed E-state index contributed by atoms with van der Waals surface area (Å²) in [5.41, 5.74) is 0.0469. The number of anilines is 1. The van der Waals surface area contributed by atoms with Gasteiger partial charge in [-0.3, -0.25) is 0 Å². The van der Waals surface area contributed by atoms with Gasteiger partial charge in [-0.25, -0.2) is 0 Å². The van der Waals surface area contributed by atoms with Crippen LogP contribution in [0.3, 0.4) is 0 Å². The van der Waals surface area contributed by atoms with Crippen molar-refractivity contribution in [1.82, 2.24) is 15.5 Å². The third-order valence-corrected chi connectivity index (χ3v) is 3.35. The van der Waals surface area contributed by atoms with Crippen molar-refractivity contribution >= 4 is 6.01 Å². The minimum atomic E-state index is 0.0469. The lowest BCUT2D eigenvalue weighted by Crippen LogP contribution is -2.33. The molecule has 0 bridgehead atoms. The lowest BCUT2D eigenvalue weighted by molar-refractivity contribution is 0.411. The van der Waals surface area contributed by atoms with E-state index in [4.69, 9.17) is 4.42 Å². The zero-order valence-electron chi connectivity index (χ0n) is 11.1. The quantitative estimate of drug-likeness (QED) is 0.796. The van der Waals surface area contributed by atoms with Gasteiger partial charge in [0, 0.05) is 5.54 Å². The highest BCUT2D eigenvalue weighted by molar-refractivity contribution is 5.25. The second kappa shape index (κ2) is 4.64. The predicted molar refractivity (Wildman–Crippen MR) is 66.8 cm³/mol. The first-order valence-electron chi connectivity index (χ1n) is 6.38. The summed E-state index contributed by atoms with van der Waals surface area (Å²) in [7, 11) is 0. The van der Waals surface area contributed by atoms with Crippen molar-refractivity contribution in [3.8, 4) is 0 Å². The Morgan fingerprint density at radius 3 is 2.71 bits per heavy atom. The SMILES string of the molecule is CCNC(C)c1nnc(NC(C)(C)C2CC2)o1. The van der Waals surface area contributed by atoms with E-state index in [1.165, 1.54) is 12.8 Å². The molecule has 1 fully saturated rings. The van der Waals surface area contributed by atoms with E-state index in [1.54, 1.807) is 0 Å². The maximum Gasteiger partial charge on any atom is 0.315 e. The fourth-order valence-electron chi connectivity index (χ4n) is 2.04. The Kier molecular flexibility index (Phi) is 3.38. The highest BCUT2D eigenvalue weighted by Gasteiger charge is 2.38. The van der Waals surface area contributed by atoms with E-state index >= 15 is 0 Å². The molecule has 1 aliphatic rings. The smallest absolute Gasteiger partial charge is 0.315 e. The fraction of sp³-hybridized carbons (Fsp3) is 0.833. The summed E-state index contributed by atoms with van der Waals surface area (Å²) in [5, 5.41) is 14.7. The van der Waals surface area contributed by atoms with Crippen LogP contribution in [0.15, 0.2) is 4.42 Å². The summed E-state index contributed by atoms with van der Waals surface area (Å²) in [6, 6.07) is 0.633. The molecular weight excluding hydrogens is 216 g/mol. The third-order valence-electron chi connectivity index (χ3n) is 3.35. The van der Waals surface area contributed by atoms with Crippen LogP contribution >= 0.6 is 0 Å². The average molecular weight is 238 g/mol. The summed E-state index contributed by atoms with van der Waals surface area (Å²) < 4.78 is 5.62. The van der Waals surface area contributed by atoms with Crippen molar-refractivity contribution < 1.29 is 4.42 Å². The number of nitrogens with one attached hydrogen (secondary N) is 2. The Morgan fingerprint density at radius 2 is 2.12 bits per heavy atom. The summed E-state index contributed by atoms with van der Waals surface area (Å²) in [5.74, 6) is 1.37. The van der Waals surface area contributed by atoms with Gasteiger partial charge in [-0.1, -0.05) is 12.0 Å². The van der Waals surface area contributed by atoms with E-state index in [1.807, 2.05) is 6.92 Å². The number of hydrogen-bond donors (Lipinski definition) is 2. The van der Waals surface area contributed by atoms with Gasteiger partial charge in [0.1, 0.15) is 0 Å². The molecule has 0 aromatic carbocycles. The largest absolute Gasteiger partial charge is 0.406 e. The molecule has 1 atom stereocenters. The molecule has 5 heteroatoms. The van der Waals surface area contributed by atoms with Crippen LogP contribution in [-0.4, -0.2) is 22.3 Å². The molecule has 1 aliphatic carbocycles. The van der Waals surface area contributed by atoms with Gasteiger partial charge in [0.25, 0.3) is 0 Å². The number of aromatic nitrogens is 2. The van der Waals surface area contributed by atoms with Gasteiger partial charge in [-0.2, -0.15) is 0 Å². The van der Waals surface area contributed by atoms with Crippen LogP contribution in [-0.2, 0) is 0 Å². The van der Waals surface area contributed by atoms with Crippen LogP contribution in [0.4, 0.5) is 6.01 Å². The van der Waals surface area contributed by atoms with Crippen LogP contribution < -0.4 is 10.6 Å². The molecule has 96 valence electrons. The van der Waals surface area contributed by atoms with Crippen LogP contribution in [0.5, 0.6) is 0 Å². The molecule has 2 N–H and O–H groups in total. The van der Waals surface area contributed by atoms with Crippen LogP contribution in [0.1, 0.15) is 52.5 Å². The Labute approximate surface area is 102 Å². The zero-order valence-corrected chi connectivity index (χ0v) is 11.1. The zero-order chi connectivity index (χ0) is 12.5. The van der Waals surface area contributed by atoms with Gasteiger partial charge < -0.3 is 15.1 Å². The minimum Gasteiger partial charge on any atom is -0.406 e. The molecule has 0 radical (unpaired) electrons. The normalized spacial score (nSPS) is 18.1. The molecule has 0 amide bonds. The summed E-state index contributed by atoms with van der Waals surface area (Å²) in [4.78, 5) is 0. The molecule has 17 heavy (non-hydrogen) atoms. The number of hydrogen-bond acceptors (Lipinski definition) is 5. The summed E-state index contributed by atoms with van der Waals surface area (Å²) >= 11 is 0. The monoisotopic (exact) mass is 238 g/mol. The van der Waals surface area contributed by atoms with Crippen molar-refractivity contribution in [2.24, 2.45) is 5.92 Å². The van der Waals surface area contributed by atoms with Crippen molar-refractivity contribution in [2.45, 2.75) is 52.1 Å². The van der Waals surface area contributed by atoms with Gasteiger partial charge in [0.15, 0.2) is 0 Å². The molecule has 2 rings (SSSR count). The fourth-order valence-corrected chi connectivity index (χ4v) is 2.04. The Balaban J connectivity index is 1.98. The summed E-state index contributed by atoms with van der Waals surface area (Å²) in [6.07, 6.45) is 2.57. The second-order valence-corrected chi connectivity index (χ2v) is 5.35. The van der Waals surface area contributed by atoms with Gasteiger partial charge in [-0.15, -0.1) is 5.10 Å². The van der Waals surface area contributed by atoms with E-state index in [2.05, 4.69) is 41.6 Å². The third kappa shape index (κ3) is 2.97. The maximum atomic E-state index is 5.62. The lowest BCUT2D eigenvalue weighted by atomic mass is 9.99. The molecule has 0 aliphatic heterocycles. The molecular formula is C12H22N4O. The van der Waals surface area contributed by atoms with Crippen LogP contribution in [0, 0.1) is 5.92 Å². The Morgan fingerprint density at radius 1 is 1.41 bits per heavy atom. The van der Waals surface area contributed by atoms with Gasteiger partial charge in [-0.05, 0) is 46.1 Å². The standard InChI is InChI=1S/C12H22N4O/c1-5-13-8(2)10-15-16-11(17-10)14-12(3,4)9-6-7-9/h8-9,13H,5-7H2,1-4H3,(H,14,16). The predicted octanol–water partition coefficient (Wildman–Crippen LogP) is 2.34. The van der Waals surface area contributed by atoms with E-state index in [0.717, 1.165) is 12.5 Å². The van der Waals surface area contributed by atoms with Crippen LogP contribution in [0.25, 0.3) is 0 Å².